The fourth-order valence-corrected chi connectivity index (χ4v) is 5.07. The minimum atomic E-state index is -0.575. The summed E-state index contributed by atoms with van der Waals surface area (Å²) in [6.07, 6.45) is 1.05. The molecule has 0 saturated carbocycles. The van der Waals surface area contributed by atoms with Crippen molar-refractivity contribution in [2.75, 3.05) is 19.8 Å². The number of halogens is 1. The molecule has 222 valence electrons. The van der Waals surface area contributed by atoms with Gasteiger partial charge in [0.15, 0.2) is 0 Å². The Morgan fingerprint density at radius 1 is 0.884 bits per heavy atom. The average molecular weight is 580 g/mol. The highest BCUT2D eigenvalue weighted by molar-refractivity contribution is 5.80. The highest BCUT2D eigenvalue weighted by Crippen LogP contribution is 2.25. The highest BCUT2D eigenvalue weighted by Gasteiger charge is 2.27. The van der Waals surface area contributed by atoms with Gasteiger partial charge in [-0.2, -0.15) is 0 Å². The number of benzene rings is 4. The minimum Gasteiger partial charge on any atom is -0.380 e. The summed E-state index contributed by atoms with van der Waals surface area (Å²) < 4.78 is 21.1. The van der Waals surface area contributed by atoms with Crippen LogP contribution in [0.3, 0.4) is 0 Å². The molecule has 0 aliphatic heterocycles. The maximum Gasteiger partial charge on any atom is 0.266 e. The lowest BCUT2D eigenvalue weighted by molar-refractivity contribution is -0.133. The van der Waals surface area contributed by atoms with E-state index in [2.05, 4.69) is 12.1 Å². The molecule has 5 aromatic rings. The van der Waals surface area contributed by atoms with E-state index in [0.717, 1.165) is 23.1 Å². The number of ether oxygens (including phenoxy) is 1. The van der Waals surface area contributed by atoms with Crippen LogP contribution in [-0.2, 0) is 16.0 Å². The van der Waals surface area contributed by atoms with E-state index in [0.29, 0.717) is 42.2 Å². The van der Waals surface area contributed by atoms with Crippen molar-refractivity contribution < 1.29 is 13.9 Å². The molecule has 1 unspecified atom stereocenters. The van der Waals surface area contributed by atoms with E-state index in [4.69, 9.17) is 9.72 Å². The molecular formula is C36H38FN3O3. The lowest BCUT2D eigenvalue weighted by atomic mass is 10.0. The topological polar surface area (TPSA) is 64.4 Å². The molecule has 6 nitrogen and oxygen atoms in total. The van der Waals surface area contributed by atoms with Crippen LogP contribution in [-0.4, -0.2) is 40.1 Å². The van der Waals surface area contributed by atoms with E-state index < -0.39 is 11.9 Å². The second-order valence-electron chi connectivity index (χ2n) is 10.2. The van der Waals surface area contributed by atoms with Gasteiger partial charge in [0, 0.05) is 13.2 Å². The number of hydrogen-bond acceptors (Lipinski definition) is 4. The van der Waals surface area contributed by atoms with Crippen LogP contribution in [0.5, 0.6) is 0 Å². The molecule has 0 aliphatic rings. The Balaban J connectivity index is 0.00000423. The molecule has 0 bridgehead atoms. The number of rotatable bonds is 11. The fraction of sp³-hybridized carbons (Fsp3) is 0.250. The van der Waals surface area contributed by atoms with Gasteiger partial charge in [-0.25, -0.2) is 9.37 Å². The summed E-state index contributed by atoms with van der Waals surface area (Å²) in [5.41, 5.74) is 3.81. The molecule has 0 fully saturated rings. The van der Waals surface area contributed by atoms with Crippen molar-refractivity contribution in [3.05, 3.63) is 131 Å². The molecule has 1 aromatic heterocycles. The van der Waals surface area contributed by atoms with Crippen LogP contribution in [0.1, 0.15) is 45.1 Å². The third-order valence-corrected chi connectivity index (χ3v) is 7.29. The van der Waals surface area contributed by atoms with Gasteiger partial charge in [0.1, 0.15) is 11.6 Å². The monoisotopic (exact) mass is 579 g/mol. The zero-order valence-electron chi connectivity index (χ0n) is 23.9. The Morgan fingerprint density at radius 3 is 2.23 bits per heavy atom. The number of nitrogens with zero attached hydrogens (tertiary/aromatic N) is 3. The van der Waals surface area contributed by atoms with Crippen molar-refractivity contribution in [3.63, 3.8) is 0 Å². The number of hydrogen-bond donors (Lipinski definition) is 0. The van der Waals surface area contributed by atoms with Gasteiger partial charge in [-0.05, 0) is 66.4 Å². The van der Waals surface area contributed by atoms with Crippen molar-refractivity contribution in [1.82, 2.24) is 14.5 Å². The molecule has 0 N–H and O–H groups in total. The first-order chi connectivity index (χ1) is 20.5. The zero-order chi connectivity index (χ0) is 29.5. The largest absolute Gasteiger partial charge is 0.380 e. The van der Waals surface area contributed by atoms with E-state index in [1.807, 2.05) is 62.4 Å². The van der Waals surface area contributed by atoms with E-state index in [1.165, 1.54) is 16.7 Å². The lowest BCUT2D eigenvalue weighted by Crippen LogP contribution is -2.40. The maximum atomic E-state index is 13.9. The van der Waals surface area contributed by atoms with Crippen LogP contribution >= 0.6 is 0 Å². The van der Waals surface area contributed by atoms with E-state index in [1.54, 1.807) is 35.2 Å². The SMILES string of the molecule is C.CCCOCCN(C(=O)Cc1ccc(-c2ccccc2)cc1)C(C)c1nc2ccccc2c(=O)n1-c1ccc(F)cc1. The highest BCUT2D eigenvalue weighted by atomic mass is 19.1. The average Bonchev–Trinajstić information content (AvgIpc) is 3.02. The van der Waals surface area contributed by atoms with E-state index in [9.17, 15) is 14.0 Å². The quantitative estimate of drug-likeness (QED) is 0.153. The standard InChI is InChI=1S/C35H34FN3O3.CH4/c1-3-22-42-23-21-38(33(40)24-26-13-15-28(16-14-26)27-9-5-4-6-10-27)25(2)34-37-32-12-8-7-11-31(32)35(41)39(34)30-19-17-29(36)18-20-30;/h4-20,25H,3,21-24H2,1-2H3;1H4. The number of para-hydroxylation sites is 1. The Labute approximate surface area is 252 Å². The number of aromatic nitrogens is 2. The molecule has 0 radical (unpaired) electrons. The number of fused-ring (bicyclic) bond motifs is 1. The van der Waals surface area contributed by atoms with Gasteiger partial charge in [-0.1, -0.05) is 81.1 Å². The van der Waals surface area contributed by atoms with Crippen molar-refractivity contribution in [3.8, 4) is 16.8 Å². The molecule has 0 spiro atoms. The second-order valence-corrected chi connectivity index (χ2v) is 10.2. The van der Waals surface area contributed by atoms with Gasteiger partial charge in [0.25, 0.3) is 5.56 Å². The van der Waals surface area contributed by atoms with Gasteiger partial charge in [-0.15, -0.1) is 0 Å². The molecule has 43 heavy (non-hydrogen) atoms. The summed E-state index contributed by atoms with van der Waals surface area (Å²) >= 11 is 0. The summed E-state index contributed by atoms with van der Waals surface area (Å²) in [4.78, 5) is 34.3. The molecular weight excluding hydrogens is 541 g/mol. The lowest BCUT2D eigenvalue weighted by Gasteiger charge is -2.31. The van der Waals surface area contributed by atoms with Gasteiger partial charge >= 0.3 is 0 Å². The zero-order valence-corrected chi connectivity index (χ0v) is 23.9. The summed E-state index contributed by atoms with van der Waals surface area (Å²) in [5.74, 6) is -0.116. The Bertz CT molecular complexity index is 1700. The molecule has 4 aromatic carbocycles. The Morgan fingerprint density at radius 2 is 1.53 bits per heavy atom. The summed E-state index contributed by atoms with van der Waals surface area (Å²) in [5, 5.41) is 0.445. The first kappa shape index (κ1) is 31.3. The minimum absolute atomic E-state index is 0. The number of carbonyl (C=O) groups excluding carboxylic acids is 1. The van der Waals surface area contributed by atoms with Crippen molar-refractivity contribution in [2.45, 2.75) is 40.2 Å². The van der Waals surface area contributed by atoms with Crippen LogP contribution in [0.2, 0.25) is 0 Å². The Kier molecular flexibility index (Phi) is 10.6. The summed E-state index contributed by atoms with van der Waals surface area (Å²) in [6.45, 7) is 5.17. The molecule has 5 rings (SSSR count). The van der Waals surface area contributed by atoms with E-state index >= 15 is 0 Å². The molecule has 1 amide bonds. The molecule has 0 saturated heterocycles. The van der Waals surface area contributed by atoms with Gasteiger partial charge in [-0.3, -0.25) is 14.2 Å². The van der Waals surface area contributed by atoms with Crippen molar-refractivity contribution >= 4 is 16.8 Å². The molecule has 0 aliphatic carbocycles. The van der Waals surface area contributed by atoms with Crippen LogP contribution < -0.4 is 5.56 Å². The molecule has 1 heterocycles. The van der Waals surface area contributed by atoms with Crippen LogP contribution in [0.4, 0.5) is 4.39 Å². The summed E-state index contributed by atoms with van der Waals surface area (Å²) in [6, 6.07) is 30.3. The van der Waals surface area contributed by atoms with Crippen LogP contribution in [0.25, 0.3) is 27.7 Å². The van der Waals surface area contributed by atoms with Crippen molar-refractivity contribution in [2.24, 2.45) is 0 Å². The molecule has 1 atom stereocenters. The van der Waals surface area contributed by atoms with Crippen LogP contribution in [0.15, 0.2) is 108 Å². The maximum absolute atomic E-state index is 13.9. The molecule has 7 heteroatoms. The fourth-order valence-electron chi connectivity index (χ4n) is 5.07. The number of carbonyl (C=O) groups is 1. The first-order valence-corrected chi connectivity index (χ1v) is 14.3. The van der Waals surface area contributed by atoms with Gasteiger partial charge in [0.05, 0.1) is 35.7 Å². The second kappa shape index (κ2) is 14.5. The Hall–Kier alpha value is -4.62. The van der Waals surface area contributed by atoms with Crippen LogP contribution in [0, 0.1) is 5.82 Å². The third kappa shape index (κ3) is 7.24. The third-order valence-electron chi connectivity index (χ3n) is 7.29. The smallest absolute Gasteiger partial charge is 0.266 e. The normalized spacial score (nSPS) is 11.6. The van der Waals surface area contributed by atoms with Crippen molar-refractivity contribution in [1.29, 1.82) is 0 Å². The predicted octanol–water partition coefficient (Wildman–Crippen LogP) is 7.39. The van der Waals surface area contributed by atoms with Gasteiger partial charge < -0.3 is 9.64 Å². The first-order valence-electron chi connectivity index (χ1n) is 14.3. The predicted molar refractivity (Wildman–Crippen MR) is 171 cm³/mol. The number of amides is 1. The van der Waals surface area contributed by atoms with E-state index in [-0.39, 0.29) is 25.3 Å². The van der Waals surface area contributed by atoms with Gasteiger partial charge in [0.2, 0.25) is 5.91 Å². The summed E-state index contributed by atoms with van der Waals surface area (Å²) in [7, 11) is 0.